The summed E-state index contributed by atoms with van der Waals surface area (Å²) in [5.41, 5.74) is 10.1. The molecule has 146 valence electrons. The zero-order valence-electron chi connectivity index (χ0n) is 17.4. The molecule has 0 spiro atoms. The first-order valence-corrected chi connectivity index (χ1v) is 10.6. The first kappa shape index (κ1) is 18.6. The molecule has 1 nitrogen and oxygen atoms in total. The quantitative estimate of drug-likeness (QED) is 0.358. The van der Waals surface area contributed by atoms with E-state index in [4.69, 9.17) is 4.99 Å². The highest BCUT2D eigenvalue weighted by atomic mass is 14.8. The van der Waals surface area contributed by atoms with Gasteiger partial charge >= 0.3 is 0 Å². The van der Waals surface area contributed by atoms with Crippen molar-refractivity contribution < 1.29 is 0 Å². The Morgan fingerprint density at radius 3 is 1.87 bits per heavy atom. The zero-order valence-corrected chi connectivity index (χ0v) is 17.4. The largest absolute Gasteiger partial charge is 0.275 e. The predicted molar refractivity (Wildman–Crippen MR) is 125 cm³/mol. The molecule has 30 heavy (non-hydrogen) atoms. The summed E-state index contributed by atoms with van der Waals surface area (Å²) in [5, 5.41) is 0. The number of fused-ring (bicyclic) bond motifs is 1. The van der Waals surface area contributed by atoms with Gasteiger partial charge in [-0.15, -0.1) is 0 Å². The highest BCUT2D eigenvalue weighted by molar-refractivity contribution is 6.16. The van der Waals surface area contributed by atoms with E-state index in [2.05, 4.69) is 117 Å². The summed E-state index contributed by atoms with van der Waals surface area (Å²) in [6, 6.07) is 36.9. The Balaban J connectivity index is 1.82. The molecule has 2 atom stereocenters. The Labute approximate surface area is 178 Å². The third-order valence-electron chi connectivity index (χ3n) is 6.16. The molecular formula is C29H25N. The number of aryl methyl sites for hydroxylation is 2. The van der Waals surface area contributed by atoms with Gasteiger partial charge in [0, 0.05) is 17.0 Å². The van der Waals surface area contributed by atoms with Crippen LogP contribution in [0.1, 0.15) is 50.9 Å². The van der Waals surface area contributed by atoms with Gasteiger partial charge < -0.3 is 0 Å². The minimum Gasteiger partial charge on any atom is -0.275 e. The average molecular weight is 388 g/mol. The lowest BCUT2D eigenvalue weighted by molar-refractivity contribution is 0.621. The molecule has 4 aromatic carbocycles. The van der Waals surface area contributed by atoms with E-state index in [-0.39, 0.29) is 12.0 Å². The van der Waals surface area contributed by atoms with Gasteiger partial charge in [-0.1, -0.05) is 103 Å². The minimum atomic E-state index is 0.0394. The first-order chi connectivity index (χ1) is 14.7. The molecule has 0 bridgehead atoms. The topological polar surface area (TPSA) is 12.4 Å². The van der Waals surface area contributed by atoms with Crippen LogP contribution in [0.4, 0.5) is 0 Å². The van der Waals surface area contributed by atoms with Crippen LogP contribution in [0, 0.1) is 13.8 Å². The fourth-order valence-corrected chi connectivity index (χ4v) is 4.70. The molecular weight excluding hydrogens is 362 g/mol. The molecule has 1 aliphatic rings. The number of benzene rings is 4. The Kier molecular flexibility index (Phi) is 4.80. The summed E-state index contributed by atoms with van der Waals surface area (Å²) < 4.78 is 0. The van der Waals surface area contributed by atoms with Crippen LogP contribution in [-0.2, 0) is 0 Å². The van der Waals surface area contributed by atoms with Crippen molar-refractivity contribution in [1.82, 2.24) is 0 Å². The van der Waals surface area contributed by atoms with Crippen molar-refractivity contribution in [2.75, 3.05) is 0 Å². The maximum absolute atomic E-state index is 5.46. The van der Waals surface area contributed by atoms with Crippen LogP contribution in [0.25, 0.3) is 0 Å². The second-order valence-corrected chi connectivity index (χ2v) is 8.08. The molecule has 0 aromatic heterocycles. The summed E-state index contributed by atoms with van der Waals surface area (Å²) >= 11 is 0. The van der Waals surface area contributed by atoms with E-state index in [9.17, 15) is 0 Å². The number of hydrogen-bond acceptors (Lipinski definition) is 1. The molecule has 0 N–H and O–H groups in total. The van der Waals surface area contributed by atoms with Gasteiger partial charge in [0.05, 0.1) is 11.8 Å². The van der Waals surface area contributed by atoms with Crippen molar-refractivity contribution in [3.63, 3.8) is 0 Å². The lowest BCUT2D eigenvalue weighted by Gasteiger charge is -2.34. The molecule has 0 radical (unpaired) electrons. The Bertz CT molecular complexity index is 1210. The highest BCUT2D eigenvalue weighted by Gasteiger charge is 2.34. The van der Waals surface area contributed by atoms with Crippen LogP contribution in [0.3, 0.4) is 0 Å². The Morgan fingerprint density at radius 2 is 1.17 bits per heavy atom. The molecule has 5 rings (SSSR count). The summed E-state index contributed by atoms with van der Waals surface area (Å²) in [5.74, 6) is 0.191. The van der Waals surface area contributed by atoms with Crippen molar-refractivity contribution in [2.24, 2.45) is 4.99 Å². The summed E-state index contributed by atoms with van der Waals surface area (Å²) in [6.45, 7) is 4.38. The van der Waals surface area contributed by atoms with Crippen LogP contribution in [0.2, 0.25) is 0 Å². The normalized spacial score (nSPS) is 17.9. The predicted octanol–water partition coefficient (Wildman–Crippen LogP) is 7.03. The molecule has 0 fully saturated rings. The second kappa shape index (κ2) is 7.76. The molecule has 1 heteroatoms. The third kappa shape index (κ3) is 3.17. The van der Waals surface area contributed by atoms with E-state index in [1.54, 1.807) is 0 Å². The van der Waals surface area contributed by atoms with Crippen molar-refractivity contribution >= 4 is 5.71 Å². The molecule has 0 aliphatic carbocycles. The van der Waals surface area contributed by atoms with E-state index < -0.39 is 0 Å². The fourth-order valence-electron chi connectivity index (χ4n) is 4.70. The van der Waals surface area contributed by atoms with E-state index >= 15 is 0 Å². The van der Waals surface area contributed by atoms with Gasteiger partial charge in [-0.05, 0) is 41.7 Å². The molecule has 0 unspecified atom stereocenters. The summed E-state index contributed by atoms with van der Waals surface area (Å²) in [7, 11) is 0. The second-order valence-electron chi connectivity index (χ2n) is 8.08. The minimum absolute atomic E-state index is 0.0394. The average Bonchev–Trinajstić information content (AvgIpc) is 2.80. The van der Waals surface area contributed by atoms with Crippen molar-refractivity contribution in [3.8, 4) is 0 Å². The standard InChI is InChI=1S/C29H25N/c1-20-12-9-10-18-24(20)29-26-21(2)13-11-19-25(26)27(22-14-5-3-6-15-22)28(30-29)23-16-7-4-8-17-23/h3-19,27-28H,1-2H3/t27-,28-/m1/s1. The van der Waals surface area contributed by atoms with E-state index in [1.807, 2.05) is 0 Å². The summed E-state index contributed by atoms with van der Waals surface area (Å²) in [4.78, 5) is 5.46. The van der Waals surface area contributed by atoms with Gasteiger partial charge in [0.15, 0.2) is 0 Å². The molecule has 1 aliphatic heterocycles. The lowest BCUT2D eigenvalue weighted by atomic mass is 9.75. The molecule has 1 heterocycles. The van der Waals surface area contributed by atoms with Crippen LogP contribution in [0.15, 0.2) is 108 Å². The molecule has 0 saturated heterocycles. The maximum Gasteiger partial charge on any atom is 0.0865 e. The van der Waals surface area contributed by atoms with E-state index in [0.29, 0.717) is 0 Å². The van der Waals surface area contributed by atoms with Gasteiger partial charge in [0.2, 0.25) is 0 Å². The molecule has 0 saturated carbocycles. The summed E-state index contributed by atoms with van der Waals surface area (Å²) in [6.07, 6.45) is 0. The van der Waals surface area contributed by atoms with Gasteiger partial charge in [0.1, 0.15) is 0 Å². The van der Waals surface area contributed by atoms with E-state index in [0.717, 1.165) is 5.71 Å². The van der Waals surface area contributed by atoms with Gasteiger partial charge in [0.25, 0.3) is 0 Å². The first-order valence-electron chi connectivity index (χ1n) is 10.6. The van der Waals surface area contributed by atoms with Crippen molar-refractivity contribution in [3.05, 3.63) is 142 Å². The smallest absolute Gasteiger partial charge is 0.0865 e. The monoisotopic (exact) mass is 387 g/mol. The third-order valence-corrected chi connectivity index (χ3v) is 6.16. The van der Waals surface area contributed by atoms with Crippen LogP contribution in [0.5, 0.6) is 0 Å². The SMILES string of the molecule is Cc1ccccc1C1=N[C@H](c2ccccc2)[C@H](c2ccccc2)c2cccc(C)c21. The number of hydrogen-bond donors (Lipinski definition) is 0. The fraction of sp³-hybridized carbons (Fsp3) is 0.138. The zero-order chi connectivity index (χ0) is 20.5. The van der Waals surface area contributed by atoms with E-state index in [1.165, 1.54) is 38.9 Å². The van der Waals surface area contributed by atoms with Gasteiger partial charge in [-0.25, -0.2) is 0 Å². The van der Waals surface area contributed by atoms with Crippen molar-refractivity contribution in [2.45, 2.75) is 25.8 Å². The van der Waals surface area contributed by atoms with Gasteiger partial charge in [-0.3, -0.25) is 4.99 Å². The number of rotatable bonds is 3. The number of nitrogens with zero attached hydrogens (tertiary/aromatic N) is 1. The van der Waals surface area contributed by atoms with Crippen LogP contribution < -0.4 is 0 Å². The lowest BCUT2D eigenvalue weighted by Crippen LogP contribution is -2.24. The molecule has 4 aromatic rings. The Hall–Kier alpha value is -3.45. The van der Waals surface area contributed by atoms with Crippen molar-refractivity contribution in [1.29, 1.82) is 0 Å². The van der Waals surface area contributed by atoms with Gasteiger partial charge in [-0.2, -0.15) is 0 Å². The Morgan fingerprint density at radius 1 is 0.567 bits per heavy atom. The maximum atomic E-state index is 5.46. The molecule has 0 amide bonds. The number of aliphatic imine (C=N–C) groups is 1. The van der Waals surface area contributed by atoms with Crippen LogP contribution >= 0.6 is 0 Å². The highest BCUT2D eigenvalue weighted by Crippen LogP contribution is 2.45. The van der Waals surface area contributed by atoms with Crippen LogP contribution in [-0.4, -0.2) is 5.71 Å².